The Bertz CT molecular complexity index is 218. The molecule has 0 spiro atoms. The van der Waals surface area contributed by atoms with Crippen LogP contribution in [0.4, 0.5) is 0 Å². The number of aliphatic hydroxyl groups is 1. The third-order valence-corrected chi connectivity index (χ3v) is 2.44. The average Bonchev–Trinajstić information content (AvgIpc) is 2.21. The van der Waals surface area contributed by atoms with E-state index in [1.165, 1.54) is 0 Å². The highest BCUT2D eigenvalue weighted by Crippen LogP contribution is 2.09. The maximum atomic E-state index is 10.4. The van der Waals surface area contributed by atoms with Crippen LogP contribution >= 0.6 is 0 Å². The zero-order chi connectivity index (χ0) is 12.4. The van der Waals surface area contributed by atoms with Gasteiger partial charge < -0.3 is 15.9 Å². The number of carbonyl (C=O) groups is 2. The molecule has 0 aromatic carbocycles. The fourth-order valence-corrected chi connectivity index (χ4v) is 1.47. The van der Waals surface area contributed by atoms with Gasteiger partial charge in [-0.15, -0.1) is 0 Å². The Kier molecular flexibility index (Phi) is 8.52. The monoisotopic (exact) mass is 231 g/mol. The van der Waals surface area contributed by atoms with E-state index in [0.29, 0.717) is 12.8 Å². The summed E-state index contributed by atoms with van der Waals surface area (Å²) in [5.41, 5.74) is 4.99. The smallest absolute Gasteiger partial charge is 0.332 e. The SMILES string of the molecule is NC(=O)CCCCCCCCC(O)C(=O)O. The predicted molar refractivity (Wildman–Crippen MR) is 59.8 cm³/mol. The largest absolute Gasteiger partial charge is 0.479 e. The predicted octanol–water partition coefficient (Wildman–Crippen LogP) is 1.04. The quantitative estimate of drug-likeness (QED) is 0.489. The third-order valence-electron chi connectivity index (χ3n) is 2.44. The highest BCUT2D eigenvalue weighted by Gasteiger charge is 2.11. The van der Waals surface area contributed by atoms with Gasteiger partial charge in [0.05, 0.1) is 0 Å². The number of aliphatic hydroxyl groups excluding tert-OH is 1. The Morgan fingerprint density at radius 1 is 1.00 bits per heavy atom. The maximum absolute atomic E-state index is 10.4. The van der Waals surface area contributed by atoms with Crippen molar-refractivity contribution >= 4 is 11.9 Å². The number of primary amides is 1. The first-order valence-electron chi connectivity index (χ1n) is 5.73. The minimum absolute atomic E-state index is 0.260. The number of hydrogen-bond donors (Lipinski definition) is 3. The first-order valence-corrected chi connectivity index (χ1v) is 5.73. The summed E-state index contributed by atoms with van der Waals surface area (Å²) in [5, 5.41) is 17.4. The van der Waals surface area contributed by atoms with Crippen LogP contribution in [0.3, 0.4) is 0 Å². The van der Waals surface area contributed by atoms with E-state index in [1.54, 1.807) is 0 Å². The normalized spacial score (nSPS) is 12.3. The summed E-state index contributed by atoms with van der Waals surface area (Å²) in [7, 11) is 0. The molecule has 0 rings (SSSR count). The molecule has 5 heteroatoms. The van der Waals surface area contributed by atoms with E-state index < -0.39 is 12.1 Å². The number of nitrogens with two attached hydrogens (primary N) is 1. The maximum Gasteiger partial charge on any atom is 0.332 e. The van der Waals surface area contributed by atoms with Gasteiger partial charge in [-0.1, -0.05) is 32.1 Å². The molecular weight excluding hydrogens is 210 g/mol. The van der Waals surface area contributed by atoms with E-state index in [2.05, 4.69) is 0 Å². The lowest BCUT2D eigenvalue weighted by molar-refractivity contribution is -0.147. The van der Waals surface area contributed by atoms with E-state index in [1.807, 2.05) is 0 Å². The molecule has 0 aliphatic carbocycles. The van der Waals surface area contributed by atoms with Crippen molar-refractivity contribution in [3.05, 3.63) is 0 Å². The van der Waals surface area contributed by atoms with Gasteiger partial charge in [0, 0.05) is 6.42 Å². The second-order valence-corrected chi connectivity index (χ2v) is 3.98. The number of rotatable bonds is 10. The van der Waals surface area contributed by atoms with Gasteiger partial charge in [-0.3, -0.25) is 4.79 Å². The molecule has 1 unspecified atom stereocenters. The third kappa shape index (κ3) is 9.45. The van der Waals surface area contributed by atoms with Crippen LogP contribution in [0, 0.1) is 0 Å². The zero-order valence-corrected chi connectivity index (χ0v) is 9.52. The second kappa shape index (κ2) is 9.15. The number of aliphatic carboxylic acids is 1. The van der Waals surface area contributed by atoms with Crippen LogP contribution in [0.2, 0.25) is 0 Å². The highest BCUT2D eigenvalue weighted by molar-refractivity contribution is 5.73. The van der Waals surface area contributed by atoms with Crippen molar-refractivity contribution in [1.29, 1.82) is 0 Å². The summed E-state index contributed by atoms with van der Waals surface area (Å²) in [6, 6.07) is 0. The summed E-state index contributed by atoms with van der Waals surface area (Å²) >= 11 is 0. The first-order chi connectivity index (χ1) is 7.54. The molecular formula is C11H21NO4. The number of carboxylic acid groups (broad SMARTS) is 1. The van der Waals surface area contributed by atoms with Crippen LogP contribution < -0.4 is 5.73 Å². The Labute approximate surface area is 95.6 Å². The lowest BCUT2D eigenvalue weighted by Gasteiger charge is -2.04. The molecule has 94 valence electrons. The molecule has 0 aliphatic rings. The minimum atomic E-state index is -1.23. The Hall–Kier alpha value is -1.10. The number of carbonyl (C=O) groups excluding carboxylic acids is 1. The Morgan fingerprint density at radius 2 is 1.50 bits per heavy atom. The molecule has 0 aromatic heterocycles. The van der Waals surface area contributed by atoms with E-state index in [0.717, 1.165) is 38.5 Å². The van der Waals surface area contributed by atoms with Gasteiger partial charge in [-0.25, -0.2) is 4.79 Å². The van der Waals surface area contributed by atoms with Crippen LogP contribution in [-0.4, -0.2) is 28.2 Å². The minimum Gasteiger partial charge on any atom is -0.479 e. The van der Waals surface area contributed by atoms with Gasteiger partial charge in [-0.2, -0.15) is 0 Å². The van der Waals surface area contributed by atoms with E-state index in [4.69, 9.17) is 15.9 Å². The molecule has 0 radical (unpaired) electrons. The molecule has 0 aromatic rings. The average molecular weight is 231 g/mol. The lowest BCUT2D eigenvalue weighted by atomic mass is 10.1. The Balaban J connectivity index is 3.15. The summed E-state index contributed by atoms with van der Waals surface area (Å²) in [6.45, 7) is 0. The van der Waals surface area contributed by atoms with Crippen LogP contribution in [0.15, 0.2) is 0 Å². The van der Waals surface area contributed by atoms with Gasteiger partial charge in [-0.05, 0) is 12.8 Å². The van der Waals surface area contributed by atoms with Crippen molar-refractivity contribution < 1.29 is 19.8 Å². The molecule has 16 heavy (non-hydrogen) atoms. The molecule has 1 atom stereocenters. The zero-order valence-electron chi connectivity index (χ0n) is 9.52. The van der Waals surface area contributed by atoms with Gasteiger partial charge in [0.1, 0.15) is 0 Å². The first kappa shape index (κ1) is 14.9. The van der Waals surface area contributed by atoms with Crippen molar-refractivity contribution in [3.8, 4) is 0 Å². The van der Waals surface area contributed by atoms with Gasteiger partial charge in [0.25, 0.3) is 0 Å². The van der Waals surface area contributed by atoms with E-state index >= 15 is 0 Å². The number of carboxylic acids is 1. The van der Waals surface area contributed by atoms with Crippen molar-refractivity contribution in [2.24, 2.45) is 5.73 Å². The van der Waals surface area contributed by atoms with Gasteiger partial charge in [0.2, 0.25) is 5.91 Å². The van der Waals surface area contributed by atoms with Crippen LogP contribution in [0.5, 0.6) is 0 Å². The molecule has 0 bridgehead atoms. The van der Waals surface area contributed by atoms with Crippen molar-refractivity contribution in [2.75, 3.05) is 0 Å². The van der Waals surface area contributed by atoms with Crippen molar-refractivity contribution in [3.63, 3.8) is 0 Å². The van der Waals surface area contributed by atoms with Gasteiger partial charge in [0.15, 0.2) is 6.10 Å². The summed E-state index contributed by atoms with van der Waals surface area (Å²) in [6.07, 6.45) is 5.01. The van der Waals surface area contributed by atoms with Crippen LogP contribution in [0.25, 0.3) is 0 Å². The lowest BCUT2D eigenvalue weighted by Crippen LogP contribution is -2.18. The molecule has 0 heterocycles. The fraction of sp³-hybridized carbons (Fsp3) is 0.818. The highest BCUT2D eigenvalue weighted by atomic mass is 16.4. The molecule has 0 fully saturated rings. The number of amides is 1. The van der Waals surface area contributed by atoms with Crippen molar-refractivity contribution in [1.82, 2.24) is 0 Å². The molecule has 0 saturated carbocycles. The second-order valence-electron chi connectivity index (χ2n) is 3.98. The molecule has 5 nitrogen and oxygen atoms in total. The summed E-state index contributed by atoms with van der Waals surface area (Å²) in [5.74, 6) is -1.41. The van der Waals surface area contributed by atoms with Gasteiger partial charge >= 0.3 is 5.97 Å². The molecule has 4 N–H and O–H groups in total. The van der Waals surface area contributed by atoms with E-state index in [-0.39, 0.29) is 5.91 Å². The molecule has 1 amide bonds. The van der Waals surface area contributed by atoms with E-state index in [9.17, 15) is 9.59 Å². The summed E-state index contributed by atoms with van der Waals surface area (Å²) in [4.78, 5) is 20.7. The number of unbranched alkanes of at least 4 members (excludes halogenated alkanes) is 5. The van der Waals surface area contributed by atoms with Crippen LogP contribution in [-0.2, 0) is 9.59 Å². The fourth-order valence-electron chi connectivity index (χ4n) is 1.47. The van der Waals surface area contributed by atoms with Crippen molar-refractivity contribution in [2.45, 2.75) is 57.5 Å². The molecule has 0 aliphatic heterocycles. The standard InChI is InChI=1S/C11H21NO4/c12-10(14)8-6-4-2-1-3-5-7-9(13)11(15)16/h9,13H,1-8H2,(H2,12,14)(H,15,16). The van der Waals surface area contributed by atoms with Crippen LogP contribution in [0.1, 0.15) is 51.4 Å². The number of hydrogen-bond acceptors (Lipinski definition) is 3. The Morgan fingerprint density at radius 3 is 2.00 bits per heavy atom. The summed E-state index contributed by atoms with van der Waals surface area (Å²) < 4.78 is 0. The topological polar surface area (TPSA) is 101 Å². The molecule has 0 saturated heterocycles.